The fraction of sp³-hybridized carbons (Fsp3) is 0.333. The second-order valence-corrected chi connectivity index (χ2v) is 7.44. The zero-order valence-electron chi connectivity index (χ0n) is 14.4. The molecule has 1 unspecified atom stereocenters. The number of carbonyl (C=O) groups excluding carboxylic acids is 1. The molecule has 1 fully saturated rings. The Hall–Kier alpha value is -2.48. The minimum atomic E-state index is -0.0831. The molecule has 0 saturated carbocycles. The molecular weight excluding hydrogens is 396 g/mol. The number of hydrogen-bond donors (Lipinski definition) is 1. The minimum absolute atomic E-state index is 0.0774. The molecular formula is C18H19BrN6O. The lowest BCUT2D eigenvalue weighted by atomic mass is 10.0. The monoisotopic (exact) mass is 414 g/mol. The normalized spacial score (nSPS) is 17.5. The Morgan fingerprint density at radius 2 is 2.23 bits per heavy atom. The van der Waals surface area contributed by atoms with Crippen molar-refractivity contribution >= 4 is 38.6 Å². The zero-order valence-corrected chi connectivity index (χ0v) is 16.0. The number of aromatic nitrogens is 4. The van der Waals surface area contributed by atoms with E-state index in [4.69, 9.17) is 0 Å². The average molecular weight is 415 g/mol. The third-order valence-electron chi connectivity index (χ3n) is 4.60. The van der Waals surface area contributed by atoms with Crippen molar-refractivity contribution in [3.05, 3.63) is 47.0 Å². The van der Waals surface area contributed by atoms with E-state index in [0.29, 0.717) is 5.56 Å². The summed E-state index contributed by atoms with van der Waals surface area (Å²) in [5.41, 5.74) is 1.50. The van der Waals surface area contributed by atoms with E-state index in [0.717, 1.165) is 47.1 Å². The summed E-state index contributed by atoms with van der Waals surface area (Å²) in [4.78, 5) is 23.5. The largest absolute Gasteiger partial charge is 0.354 e. The summed E-state index contributed by atoms with van der Waals surface area (Å²) < 4.78 is 2.63. The van der Waals surface area contributed by atoms with E-state index in [-0.39, 0.29) is 11.9 Å². The number of anilines is 1. The topological polar surface area (TPSA) is 75.9 Å². The highest BCUT2D eigenvalue weighted by Crippen LogP contribution is 2.28. The maximum Gasteiger partial charge on any atom is 0.254 e. The highest BCUT2D eigenvalue weighted by atomic mass is 79.9. The molecule has 4 rings (SSSR count). The van der Waals surface area contributed by atoms with Crippen LogP contribution in [0.4, 0.5) is 5.82 Å². The van der Waals surface area contributed by atoms with Gasteiger partial charge in [0.05, 0.1) is 17.3 Å². The molecule has 0 aliphatic carbocycles. The lowest BCUT2D eigenvalue weighted by Gasteiger charge is -2.34. The number of halogens is 1. The number of hydrogen-bond acceptors (Lipinski definition) is 5. The summed E-state index contributed by atoms with van der Waals surface area (Å²) in [7, 11) is 1.80. The molecule has 3 aromatic rings. The highest BCUT2D eigenvalue weighted by Gasteiger charge is 2.24. The van der Waals surface area contributed by atoms with E-state index in [1.165, 1.54) is 0 Å². The Balaban J connectivity index is 1.54. The van der Waals surface area contributed by atoms with Crippen molar-refractivity contribution in [1.82, 2.24) is 25.1 Å². The second kappa shape index (κ2) is 7.03. The molecule has 1 aromatic carbocycles. The van der Waals surface area contributed by atoms with Gasteiger partial charge in [0.2, 0.25) is 0 Å². The van der Waals surface area contributed by atoms with Crippen LogP contribution in [0, 0.1) is 0 Å². The third-order valence-corrected chi connectivity index (χ3v) is 5.09. The van der Waals surface area contributed by atoms with Crippen LogP contribution in [0.3, 0.4) is 0 Å². The summed E-state index contributed by atoms with van der Waals surface area (Å²) in [5.74, 6) is 0.830. The van der Waals surface area contributed by atoms with Gasteiger partial charge in [0.15, 0.2) is 0 Å². The Morgan fingerprint density at radius 1 is 1.35 bits per heavy atom. The van der Waals surface area contributed by atoms with Crippen LogP contribution in [0.5, 0.6) is 0 Å². The van der Waals surface area contributed by atoms with Gasteiger partial charge in [-0.25, -0.2) is 9.97 Å². The molecule has 0 bridgehead atoms. The number of carbonyl (C=O) groups is 1. The molecule has 3 heterocycles. The van der Waals surface area contributed by atoms with Gasteiger partial charge in [0.1, 0.15) is 12.1 Å². The minimum Gasteiger partial charge on any atom is -0.354 e. The predicted molar refractivity (Wildman–Crippen MR) is 103 cm³/mol. The molecule has 2 aromatic heterocycles. The van der Waals surface area contributed by atoms with Gasteiger partial charge in [-0.3, -0.25) is 9.48 Å². The molecule has 26 heavy (non-hydrogen) atoms. The van der Waals surface area contributed by atoms with Crippen LogP contribution in [0.25, 0.3) is 10.9 Å². The fourth-order valence-electron chi connectivity index (χ4n) is 3.36. The SMILES string of the molecule is Cn1cc(C(=O)NC2CCCN(c3ncnc4ccc(Br)cc34)C2)cn1. The first-order valence-corrected chi connectivity index (χ1v) is 9.34. The van der Waals surface area contributed by atoms with Gasteiger partial charge in [0, 0.05) is 42.2 Å². The molecule has 0 spiro atoms. The van der Waals surface area contributed by atoms with E-state index < -0.39 is 0 Å². The number of amides is 1. The maximum atomic E-state index is 12.4. The van der Waals surface area contributed by atoms with Gasteiger partial charge in [-0.15, -0.1) is 0 Å². The number of rotatable bonds is 3. The number of nitrogens with one attached hydrogen (secondary N) is 1. The zero-order chi connectivity index (χ0) is 18.1. The summed E-state index contributed by atoms with van der Waals surface area (Å²) in [5, 5.41) is 8.20. The molecule has 1 aliphatic heterocycles. The van der Waals surface area contributed by atoms with Crippen molar-refractivity contribution in [3.8, 4) is 0 Å². The molecule has 1 N–H and O–H groups in total. The molecule has 1 aliphatic rings. The number of piperidine rings is 1. The van der Waals surface area contributed by atoms with Crippen molar-refractivity contribution in [2.24, 2.45) is 7.05 Å². The quantitative estimate of drug-likeness (QED) is 0.712. The molecule has 8 heteroatoms. The summed E-state index contributed by atoms with van der Waals surface area (Å²) in [6.07, 6.45) is 6.87. The summed E-state index contributed by atoms with van der Waals surface area (Å²) in [6.45, 7) is 1.64. The van der Waals surface area contributed by atoms with Crippen molar-refractivity contribution in [1.29, 1.82) is 0 Å². The lowest BCUT2D eigenvalue weighted by molar-refractivity contribution is 0.0933. The molecule has 0 radical (unpaired) electrons. The van der Waals surface area contributed by atoms with Gasteiger partial charge in [-0.1, -0.05) is 15.9 Å². The van der Waals surface area contributed by atoms with E-state index in [9.17, 15) is 4.79 Å². The number of nitrogens with zero attached hydrogens (tertiary/aromatic N) is 5. The van der Waals surface area contributed by atoms with Gasteiger partial charge in [0.25, 0.3) is 5.91 Å². The van der Waals surface area contributed by atoms with Crippen molar-refractivity contribution in [2.45, 2.75) is 18.9 Å². The fourth-order valence-corrected chi connectivity index (χ4v) is 3.72. The third kappa shape index (κ3) is 3.41. The molecule has 134 valence electrons. The van der Waals surface area contributed by atoms with Crippen molar-refractivity contribution in [2.75, 3.05) is 18.0 Å². The van der Waals surface area contributed by atoms with Crippen LogP contribution in [-0.4, -0.2) is 44.8 Å². The second-order valence-electron chi connectivity index (χ2n) is 6.52. The Labute approximate surface area is 159 Å². The van der Waals surface area contributed by atoms with Gasteiger partial charge in [-0.2, -0.15) is 5.10 Å². The van der Waals surface area contributed by atoms with Crippen LogP contribution in [0.1, 0.15) is 23.2 Å². The van der Waals surface area contributed by atoms with Crippen LogP contribution in [0.15, 0.2) is 41.4 Å². The maximum absolute atomic E-state index is 12.4. The van der Waals surface area contributed by atoms with Gasteiger partial charge < -0.3 is 10.2 Å². The first kappa shape index (κ1) is 17.0. The molecule has 1 atom stereocenters. The standard InChI is InChI=1S/C18H19BrN6O/c1-24-9-12(8-22-24)18(26)23-14-3-2-6-25(10-14)17-15-7-13(19)4-5-16(15)20-11-21-17/h4-5,7-9,11,14H,2-3,6,10H2,1H3,(H,23,26). The Kier molecular flexibility index (Phi) is 4.58. The Morgan fingerprint density at radius 3 is 3.04 bits per heavy atom. The Bertz CT molecular complexity index is 956. The van der Waals surface area contributed by atoms with Gasteiger partial charge in [-0.05, 0) is 31.0 Å². The molecule has 7 nitrogen and oxygen atoms in total. The van der Waals surface area contributed by atoms with Crippen molar-refractivity contribution in [3.63, 3.8) is 0 Å². The van der Waals surface area contributed by atoms with Crippen molar-refractivity contribution < 1.29 is 4.79 Å². The van der Waals surface area contributed by atoms with Crippen LogP contribution < -0.4 is 10.2 Å². The first-order valence-electron chi connectivity index (χ1n) is 8.55. The van der Waals surface area contributed by atoms with E-state index in [2.05, 4.69) is 41.2 Å². The van der Waals surface area contributed by atoms with Gasteiger partial charge >= 0.3 is 0 Å². The summed E-state index contributed by atoms with van der Waals surface area (Å²) >= 11 is 3.52. The van der Waals surface area contributed by atoms with Crippen LogP contribution >= 0.6 is 15.9 Å². The number of benzene rings is 1. The lowest BCUT2D eigenvalue weighted by Crippen LogP contribution is -2.48. The van der Waals surface area contributed by atoms with E-state index >= 15 is 0 Å². The van der Waals surface area contributed by atoms with Crippen LogP contribution in [0.2, 0.25) is 0 Å². The summed E-state index contributed by atoms with van der Waals surface area (Å²) in [6, 6.07) is 6.08. The van der Waals surface area contributed by atoms with Crippen LogP contribution in [-0.2, 0) is 7.05 Å². The highest BCUT2D eigenvalue weighted by molar-refractivity contribution is 9.10. The van der Waals surface area contributed by atoms with E-state index in [1.807, 2.05) is 18.2 Å². The number of fused-ring (bicyclic) bond motifs is 1. The molecule has 1 saturated heterocycles. The number of aryl methyl sites for hydroxylation is 1. The predicted octanol–water partition coefficient (Wildman–Crippen LogP) is 2.52. The smallest absolute Gasteiger partial charge is 0.254 e. The van der Waals surface area contributed by atoms with E-state index in [1.54, 1.807) is 30.5 Å². The average Bonchev–Trinajstić information content (AvgIpc) is 3.08. The molecule has 1 amide bonds. The first-order chi connectivity index (χ1) is 12.6.